The van der Waals surface area contributed by atoms with E-state index in [0.29, 0.717) is 19.5 Å². The third-order valence-corrected chi connectivity index (χ3v) is 4.43. The number of hydrogen-bond donors (Lipinski definition) is 1. The van der Waals surface area contributed by atoms with Gasteiger partial charge >= 0.3 is 0 Å². The number of hydrogen-bond acceptors (Lipinski definition) is 3. The Labute approximate surface area is 107 Å². The third kappa shape index (κ3) is 2.54. The van der Waals surface area contributed by atoms with Crippen molar-refractivity contribution in [1.29, 1.82) is 0 Å². The van der Waals surface area contributed by atoms with E-state index in [1.165, 1.54) is 12.1 Å². The first-order valence-electron chi connectivity index (χ1n) is 5.94. The van der Waals surface area contributed by atoms with Crippen molar-refractivity contribution >= 4 is 21.6 Å². The highest BCUT2D eigenvalue weighted by Crippen LogP contribution is 2.22. The summed E-state index contributed by atoms with van der Waals surface area (Å²) in [6.45, 7) is 2.79. The molecule has 98 valence electrons. The van der Waals surface area contributed by atoms with Crippen LogP contribution >= 0.6 is 0 Å². The lowest BCUT2D eigenvalue weighted by molar-refractivity contribution is -0.117. The van der Waals surface area contributed by atoms with E-state index in [4.69, 9.17) is 0 Å². The fourth-order valence-electron chi connectivity index (χ4n) is 2.00. The molecule has 0 unspecified atom stereocenters. The van der Waals surface area contributed by atoms with Gasteiger partial charge in [-0.2, -0.15) is 0 Å². The van der Waals surface area contributed by atoms with E-state index in [-0.39, 0.29) is 10.8 Å². The molecule has 2 rings (SSSR count). The number of nitrogens with zero attached hydrogens (tertiary/aromatic N) is 1. The highest BCUT2D eigenvalue weighted by atomic mass is 32.2. The molecule has 5 nitrogen and oxygen atoms in total. The van der Waals surface area contributed by atoms with E-state index in [0.717, 1.165) is 12.1 Å². The Morgan fingerprint density at radius 2 is 1.94 bits per heavy atom. The Bertz CT molecular complexity index is 537. The van der Waals surface area contributed by atoms with E-state index < -0.39 is 10.0 Å². The number of sulfonamides is 1. The first kappa shape index (κ1) is 13.0. The second-order valence-corrected chi connectivity index (χ2v) is 5.91. The van der Waals surface area contributed by atoms with Crippen LogP contribution in [0.4, 0.5) is 5.69 Å². The van der Waals surface area contributed by atoms with Crippen LogP contribution in [0.3, 0.4) is 0 Å². The predicted molar refractivity (Wildman–Crippen MR) is 68.9 cm³/mol. The molecule has 0 atom stereocenters. The van der Waals surface area contributed by atoms with Gasteiger partial charge in [-0.25, -0.2) is 13.1 Å². The van der Waals surface area contributed by atoms with Gasteiger partial charge in [0.25, 0.3) is 0 Å². The van der Waals surface area contributed by atoms with Crippen molar-refractivity contribution in [2.24, 2.45) is 0 Å². The lowest BCUT2D eigenvalue weighted by Gasteiger charge is -2.15. The molecule has 0 aromatic heterocycles. The van der Waals surface area contributed by atoms with Crippen LogP contribution in [-0.4, -0.2) is 27.4 Å². The monoisotopic (exact) mass is 268 g/mol. The Hall–Kier alpha value is -1.40. The molecule has 1 saturated heterocycles. The van der Waals surface area contributed by atoms with Gasteiger partial charge in [0.15, 0.2) is 0 Å². The second-order valence-electron chi connectivity index (χ2n) is 4.14. The average molecular weight is 268 g/mol. The van der Waals surface area contributed by atoms with Crippen LogP contribution in [0, 0.1) is 0 Å². The zero-order valence-corrected chi connectivity index (χ0v) is 11.0. The van der Waals surface area contributed by atoms with Gasteiger partial charge in [0.05, 0.1) is 4.90 Å². The Kier molecular flexibility index (Phi) is 3.68. The summed E-state index contributed by atoms with van der Waals surface area (Å²) in [4.78, 5) is 13.5. The highest BCUT2D eigenvalue weighted by molar-refractivity contribution is 7.89. The van der Waals surface area contributed by atoms with Crippen molar-refractivity contribution in [2.75, 3.05) is 18.0 Å². The summed E-state index contributed by atoms with van der Waals surface area (Å²) < 4.78 is 25.9. The van der Waals surface area contributed by atoms with Crippen LogP contribution in [0.1, 0.15) is 19.8 Å². The van der Waals surface area contributed by atoms with Crippen molar-refractivity contribution in [3.8, 4) is 0 Å². The molecule has 0 spiro atoms. The number of anilines is 1. The minimum absolute atomic E-state index is 0.0947. The second kappa shape index (κ2) is 5.07. The standard InChI is InChI=1S/C12H16N2O3S/c1-2-13-18(16,17)11-7-5-10(6-8-11)14-9-3-4-12(14)15/h5-8,13H,2-4,9H2,1H3. The summed E-state index contributed by atoms with van der Waals surface area (Å²) in [5, 5.41) is 0. The molecular formula is C12H16N2O3S. The fraction of sp³-hybridized carbons (Fsp3) is 0.417. The van der Waals surface area contributed by atoms with Crippen molar-refractivity contribution in [1.82, 2.24) is 4.72 Å². The molecule has 1 aromatic rings. The maximum absolute atomic E-state index is 11.7. The molecule has 1 N–H and O–H groups in total. The summed E-state index contributed by atoms with van der Waals surface area (Å²) in [6, 6.07) is 6.40. The zero-order chi connectivity index (χ0) is 13.2. The van der Waals surface area contributed by atoms with Crippen LogP contribution in [-0.2, 0) is 14.8 Å². The highest BCUT2D eigenvalue weighted by Gasteiger charge is 2.22. The van der Waals surface area contributed by atoms with E-state index in [1.807, 2.05) is 0 Å². The van der Waals surface area contributed by atoms with E-state index in [1.54, 1.807) is 24.0 Å². The molecule has 1 aromatic carbocycles. The molecule has 1 heterocycles. The van der Waals surface area contributed by atoms with Gasteiger partial charge in [0, 0.05) is 25.2 Å². The fourth-order valence-corrected chi connectivity index (χ4v) is 3.04. The number of carbonyl (C=O) groups excluding carboxylic acids is 1. The minimum atomic E-state index is -3.42. The molecule has 1 amide bonds. The lowest BCUT2D eigenvalue weighted by Crippen LogP contribution is -2.25. The summed E-state index contributed by atoms with van der Waals surface area (Å²) >= 11 is 0. The minimum Gasteiger partial charge on any atom is -0.312 e. The molecule has 0 saturated carbocycles. The largest absolute Gasteiger partial charge is 0.312 e. The molecule has 6 heteroatoms. The van der Waals surface area contributed by atoms with Gasteiger partial charge in [0.2, 0.25) is 15.9 Å². The Balaban J connectivity index is 2.23. The smallest absolute Gasteiger partial charge is 0.240 e. The first-order valence-corrected chi connectivity index (χ1v) is 7.43. The predicted octanol–water partition coefficient (Wildman–Crippen LogP) is 1.11. The SMILES string of the molecule is CCNS(=O)(=O)c1ccc(N2CCCC2=O)cc1. The van der Waals surface area contributed by atoms with Crippen LogP contribution in [0.5, 0.6) is 0 Å². The topological polar surface area (TPSA) is 66.5 Å². The van der Waals surface area contributed by atoms with Gasteiger partial charge < -0.3 is 4.90 Å². The number of carbonyl (C=O) groups is 1. The van der Waals surface area contributed by atoms with Crippen LogP contribution < -0.4 is 9.62 Å². The number of benzene rings is 1. The van der Waals surface area contributed by atoms with Crippen LogP contribution in [0.2, 0.25) is 0 Å². The Morgan fingerprint density at radius 3 is 2.44 bits per heavy atom. The summed E-state index contributed by atoms with van der Waals surface area (Å²) in [5.41, 5.74) is 0.757. The summed E-state index contributed by atoms with van der Waals surface area (Å²) in [7, 11) is -3.42. The summed E-state index contributed by atoms with van der Waals surface area (Å²) in [6.07, 6.45) is 1.42. The molecule has 1 fully saturated rings. The number of amides is 1. The maximum Gasteiger partial charge on any atom is 0.240 e. The quantitative estimate of drug-likeness (QED) is 0.889. The third-order valence-electron chi connectivity index (χ3n) is 2.87. The normalized spacial score (nSPS) is 16.3. The molecule has 1 aliphatic heterocycles. The zero-order valence-electron chi connectivity index (χ0n) is 10.2. The van der Waals surface area contributed by atoms with Crippen LogP contribution in [0.15, 0.2) is 29.2 Å². The van der Waals surface area contributed by atoms with Gasteiger partial charge in [-0.3, -0.25) is 4.79 Å². The molecule has 0 bridgehead atoms. The van der Waals surface area contributed by atoms with Crippen molar-refractivity contribution in [2.45, 2.75) is 24.7 Å². The molecule has 0 aliphatic carbocycles. The van der Waals surface area contributed by atoms with Gasteiger partial charge in [0.1, 0.15) is 0 Å². The number of nitrogens with one attached hydrogen (secondary N) is 1. The lowest BCUT2D eigenvalue weighted by atomic mass is 10.3. The molecule has 1 aliphatic rings. The average Bonchev–Trinajstić information content (AvgIpc) is 2.76. The van der Waals surface area contributed by atoms with Gasteiger partial charge in [-0.15, -0.1) is 0 Å². The Morgan fingerprint density at radius 1 is 1.28 bits per heavy atom. The van der Waals surface area contributed by atoms with Crippen LogP contribution in [0.25, 0.3) is 0 Å². The van der Waals surface area contributed by atoms with E-state index in [2.05, 4.69) is 4.72 Å². The molecule has 18 heavy (non-hydrogen) atoms. The maximum atomic E-state index is 11.7. The van der Waals surface area contributed by atoms with Crippen molar-refractivity contribution < 1.29 is 13.2 Å². The van der Waals surface area contributed by atoms with E-state index in [9.17, 15) is 13.2 Å². The van der Waals surface area contributed by atoms with Crippen molar-refractivity contribution in [3.63, 3.8) is 0 Å². The number of rotatable bonds is 4. The molecular weight excluding hydrogens is 252 g/mol. The summed E-state index contributed by atoms with van der Waals surface area (Å²) in [5.74, 6) is 0.0947. The van der Waals surface area contributed by atoms with Gasteiger partial charge in [-0.05, 0) is 30.7 Å². The molecule has 0 radical (unpaired) electrons. The van der Waals surface area contributed by atoms with Crippen molar-refractivity contribution in [3.05, 3.63) is 24.3 Å². The first-order chi connectivity index (χ1) is 8.54. The van der Waals surface area contributed by atoms with E-state index >= 15 is 0 Å². The van der Waals surface area contributed by atoms with Gasteiger partial charge in [-0.1, -0.05) is 6.92 Å².